The van der Waals surface area contributed by atoms with E-state index in [0.29, 0.717) is 0 Å². The van der Waals surface area contributed by atoms with Crippen LogP contribution in [0.5, 0.6) is 0 Å². The lowest BCUT2D eigenvalue weighted by atomic mass is 10.8. The van der Waals surface area contributed by atoms with E-state index in [-0.39, 0.29) is 6.07 Å². The Bertz CT molecular complexity index is 135. The van der Waals surface area contributed by atoms with Crippen molar-refractivity contribution in [2.24, 2.45) is 0 Å². The topological polar surface area (TPSA) is 82.5 Å². The van der Waals surface area contributed by atoms with Crippen molar-refractivity contribution in [2.75, 3.05) is 0 Å². The van der Waals surface area contributed by atoms with Crippen molar-refractivity contribution in [2.45, 2.75) is 6.18 Å². The highest BCUT2D eigenvalue weighted by molar-refractivity contribution is 4.80. The Morgan fingerprint density at radius 1 is 1.33 bits per heavy atom. The third-order valence-electron chi connectivity index (χ3n) is 0.127. The second-order valence-corrected chi connectivity index (χ2v) is 0.699. The molecule has 0 rings (SSSR count). The molecular weight excluding hydrogens is 137 g/mol. The minimum Gasteiger partial charge on any atom is -0.373 e. The van der Waals surface area contributed by atoms with Gasteiger partial charge in [-0.05, 0) is 0 Å². The molecule has 9 heavy (non-hydrogen) atoms. The molecule has 0 aromatic heterocycles. The average Bonchev–Trinajstić information content (AvgIpc) is 1.67. The highest BCUT2D eigenvalue weighted by atomic mass is 19.4. The van der Waals surface area contributed by atoms with Crippen molar-refractivity contribution in [1.29, 1.82) is 5.26 Å². The first-order valence-corrected chi connectivity index (χ1v) is 1.44. The summed E-state index contributed by atoms with van der Waals surface area (Å²) in [6, 6.07) is 0.104. The van der Waals surface area contributed by atoms with Gasteiger partial charge < -0.3 is 11.1 Å². The first-order chi connectivity index (χ1) is 3.97. The van der Waals surface area contributed by atoms with Gasteiger partial charge in [0, 0.05) is 0 Å². The minimum absolute atomic E-state index is 0.104. The van der Waals surface area contributed by atoms with E-state index in [1.807, 2.05) is 0 Å². The average molecular weight is 137 g/mol. The summed E-state index contributed by atoms with van der Waals surface area (Å²) in [5.41, 5.74) is 13.5. The summed E-state index contributed by atoms with van der Waals surface area (Å²) >= 11 is 0. The third-order valence-corrected chi connectivity index (χ3v) is 0.127. The van der Waals surface area contributed by atoms with E-state index in [0.717, 1.165) is 0 Å². The normalized spacial score (nSPS) is 7.78. The van der Waals surface area contributed by atoms with E-state index in [1.54, 1.807) is 0 Å². The van der Waals surface area contributed by atoms with Crippen LogP contribution in [-0.2, 0) is 0 Å². The van der Waals surface area contributed by atoms with Crippen molar-refractivity contribution in [3.05, 3.63) is 16.0 Å². The lowest BCUT2D eigenvalue weighted by Gasteiger charge is -1.84. The van der Waals surface area contributed by atoms with E-state index in [1.165, 1.54) is 4.91 Å². The molecule has 0 unspecified atom stereocenters. The maximum atomic E-state index is 10.4. The summed E-state index contributed by atoms with van der Waals surface area (Å²) in [5.74, 6) is 0. The van der Waals surface area contributed by atoms with Crippen LogP contribution in [0.25, 0.3) is 16.0 Å². The molecule has 0 atom stereocenters. The van der Waals surface area contributed by atoms with Crippen LogP contribution >= 0.6 is 0 Å². The van der Waals surface area contributed by atoms with Crippen molar-refractivity contribution < 1.29 is 13.2 Å². The second-order valence-electron chi connectivity index (χ2n) is 0.699. The lowest BCUT2D eigenvalue weighted by molar-refractivity contribution is -0.0717. The van der Waals surface area contributed by atoms with Crippen molar-refractivity contribution >= 4 is 0 Å². The van der Waals surface area contributed by atoms with Crippen LogP contribution < -0.4 is 0 Å². The summed E-state index contributed by atoms with van der Waals surface area (Å²) in [6.07, 6.45) is -4.65. The predicted molar refractivity (Wildman–Crippen MR) is 21.7 cm³/mol. The highest BCUT2D eigenvalue weighted by Gasteiger charge is 2.25. The van der Waals surface area contributed by atoms with Gasteiger partial charge in [0.05, 0.1) is 0 Å². The van der Waals surface area contributed by atoms with Gasteiger partial charge in [-0.2, -0.15) is 18.4 Å². The Morgan fingerprint density at radius 3 is 1.44 bits per heavy atom. The molecule has 0 spiro atoms. The number of hydrogen-bond acceptors (Lipinski definition) is 1. The third kappa shape index (κ3) is 54.9. The van der Waals surface area contributed by atoms with E-state index in [2.05, 4.69) is 0 Å². The highest BCUT2D eigenvalue weighted by Crippen LogP contribution is 2.10. The van der Waals surface area contributed by atoms with Crippen LogP contribution in [0.4, 0.5) is 13.2 Å². The summed E-state index contributed by atoms with van der Waals surface area (Å²) < 4.78 is 31.3. The largest absolute Gasteiger partial charge is 0.483 e. The quantitative estimate of drug-likeness (QED) is 0.285. The first-order valence-electron chi connectivity index (χ1n) is 1.44. The summed E-state index contributed by atoms with van der Waals surface area (Å²) in [6.45, 7) is 0. The number of halogens is 3. The predicted octanol–water partition coefficient (Wildman–Crippen LogP) is 1.94. The molecular formula is C2F3N4-. The van der Waals surface area contributed by atoms with Crippen LogP contribution in [0.2, 0.25) is 0 Å². The van der Waals surface area contributed by atoms with E-state index in [4.69, 9.17) is 16.3 Å². The van der Waals surface area contributed by atoms with Crippen LogP contribution in [0.3, 0.4) is 0 Å². The summed E-state index contributed by atoms with van der Waals surface area (Å²) in [5, 5.41) is 7.03. The molecule has 0 aliphatic heterocycles. The maximum Gasteiger partial charge on any atom is 0.483 e. The Labute approximate surface area is 47.9 Å². The van der Waals surface area contributed by atoms with Gasteiger partial charge in [-0.15, -0.1) is 0 Å². The van der Waals surface area contributed by atoms with Gasteiger partial charge >= 0.3 is 6.18 Å². The number of hydrogen-bond donors (Lipinski definition) is 0. The monoisotopic (exact) mass is 137 g/mol. The van der Waals surface area contributed by atoms with E-state index in [9.17, 15) is 13.2 Å². The van der Waals surface area contributed by atoms with Gasteiger partial charge in [-0.3, -0.25) is 4.91 Å². The van der Waals surface area contributed by atoms with Crippen molar-refractivity contribution in [3.63, 3.8) is 0 Å². The molecule has 0 aliphatic carbocycles. The maximum absolute atomic E-state index is 10.4. The fourth-order valence-electron chi connectivity index (χ4n) is 0. The molecule has 0 heterocycles. The van der Waals surface area contributed by atoms with Gasteiger partial charge in [-0.25, -0.2) is 0 Å². The molecule has 7 heteroatoms. The zero-order chi connectivity index (χ0) is 7.91. The standard InChI is InChI=1S/C2F3N.N3/c3-2(4,5)1-6;1-3-2/q;-1. The number of alkyl halides is 3. The molecule has 0 aliphatic rings. The molecule has 50 valence electrons. The van der Waals surface area contributed by atoms with Gasteiger partial charge in [-0.1, -0.05) is 0 Å². The van der Waals surface area contributed by atoms with Crippen LogP contribution in [-0.4, -0.2) is 6.18 Å². The number of nitriles is 1. The molecule has 0 fully saturated rings. The summed E-state index contributed by atoms with van der Waals surface area (Å²) in [4.78, 5) is 1.50. The zero-order valence-electron chi connectivity index (χ0n) is 3.92. The molecule has 0 radical (unpaired) electrons. The SMILES string of the molecule is N#CC(F)(F)F.[N-]=[N+]=[N-]. The van der Waals surface area contributed by atoms with Crippen LogP contribution in [0.1, 0.15) is 0 Å². The Balaban J connectivity index is 0. The Hall–Kier alpha value is -1.41. The Kier molecular flexibility index (Phi) is 5.56. The zero-order valence-corrected chi connectivity index (χ0v) is 3.92. The molecule has 0 saturated heterocycles. The van der Waals surface area contributed by atoms with Gasteiger partial charge in [0.2, 0.25) is 0 Å². The molecule has 4 nitrogen and oxygen atoms in total. The summed E-state index contributed by atoms with van der Waals surface area (Å²) in [7, 11) is 0. The van der Waals surface area contributed by atoms with Gasteiger partial charge in [0.15, 0.2) is 6.07 Å². The molecule has 0 aromatic carbocycles. The van der Waals surface area contributed by atoms with Crippen LogP contribution in [0.15, 0.2) is 0 Å². The molecule has 0 amide bonds. The Morgan fingerprint density at radius 2 is 1.44 bits per heavy atom. The van der Waals surface area contributed by atoms with Crippen molar-refractivity contribution in [3.8, 4) is 6.07 Å². The lowest BCUT2D eigenvalue weighted by Crippen LogP contribution is -1.99. The van der Waals surface area contributed by atoms with Gasteiger partial charge in [0.1, 0.15) is 0 Å². The molecule has 0 N–H and O–H groups in total. The number of rotatable bonds is 0. The van der Waals surface area contributed by atoms with Gasteiger partial charge in [0.25, 0.3) is 0 Å². The van der Waals surface area contributed by atoms with E-state index >= 15 is 0 Å². The smallest absolute Gasteiger partial charge is 0.373 e. The first kappa shape index (κ1) is 10.5. The molecule has 0 bridgehead atoms. The second kappa shape index (κ2) is 4.74. The number of nitrogens with zero attached hydrogens (tertiary/aromatic N) is 4. The van der Waals surface area contributed by atoms with Crippen LogP contribution in [0, 0.1) is 11.3 Å². The molecule has 0 aromatic rings. The minimum atomic E-state index is -4.65. The van der Waals surface area contributed by atoms with E-state index < -0.39 is 6.18 Å². The fraction of sp³-hybridized carbons (Fsp3) is 0.500. The fourth-order valence-corrected chi connectivity index (χ4v) is 0. The molecule has 0 saturated carbocycles. The van der Waals surface area contributed by atoms with Crippen molar-refractivity contribution in [1.82, 2.24) is 0 Å².